The number of nitrogens with one attached hydrogen (secondary N) is 1. The number of anilines is 1. The van der Waals surface area contributed by atoms with Gasteiger partial charge >= 0.3 is 0 Å². The van der Waals surface area contributed by atoms with Gasteiger partial charge in [0, 0.05) is 18.2 Å². The Hall–Kier alpha value is -3.92. The molecule has 1 aliphatic rings. The first-order valence-electron chi connectivity index (χ1n) is 14.8. The summed E-state index contributed by atoms with van der Waals surface area (Å²) >= 11 is 0. The maximum absolute atomic E-state index is 14.8. The second-order valence-electron chi connectivity index (χ2n) is 10.9. The largest absolute Gasteiger partial charge is 0.494 e. The molecule has 1 unspecified atom stereocenters. The Morgan fingerprint density at radius 1 is 0.977 bits per heavy atom. The van der Waals surface area contributed by atoms with E-state index >= 15 is 0 Å². The topological polar surface area (TPSA) is 96.0 Å². The molecule has 0 radical (unpaired) electrons. The first-order valence-corrected chi connectivity index (χ1v) is 16.2. The number of hydrogen-bond acceptors (Lipinski definition) is 5. The number of halogens is 1. The van der Waals surface area contributed by atoms with Crippen LogP contribution in [-0.4, -0.2) is 50.4 Å². The van der Waals surface area contributed by atoms with Gasteiger partial charge in [0.1, 0.15) is 24.2 Å². The van der Waals surface area contributed by atoms with E-state index in [1.54, 1.807) is 61.5 Å². The fraction of sp³-hybridized carbons (Fsp3) is 0.394. The molecule has 0 spiro atoms. The minimum Gasteiger partial charge on any atom is -0.494 e. The van der Waals surface area contributed by atoms with Gasteiger partial charge in [0.05, 0.1) is 17.2 Å². The molecule has 0 saturated heterocycles. The van der Waals surface area contributed by atoms with Gasteiger partial charge in [-0.05, 0) is 76.1 Å². The molecule has 1 saturated carbocycles. The Balaban J connectivity index is 1.67. The zero-order valence-electron chi connectivity index (χ0n) is 25.0. The Bertz CT molecular complexity index is 1490. The predicted molar refractivity (Wildman–Crippen MR) is 165 cm³/mol. The standard InChI is InChI=1S/C33H40FN3O5S/c1-4-42-29-18-20-30(21-19-29)43(40,41)37(28-16-14-24(2)15-17-28)23-32(38)36(22-26-10-8-9-13-31(26)34)25(3)33(39)35-27-11-6-5-7-12-27/h8-10,13-21,25,27H,4-7,11-12,22-23H2,1-3H3,(H,35,39). The van der Waals surface area contributed by atoms with E-state index in [1.807, 2.05) is 13.8 Å². The van der Waals surface area contributed by atoms with Gasteiger partial charge in [-0.2, -0.15) is 0 Å². The van der Waals surface area contributed by atoms with Crippen LogP contribution in [0, 0.1) is 12.7 Å². The summed E-state index contributed by atoms with van der Waals surface area (Å²) in [5, 5.41) is 3.05. The summed E-state index contributed by atoms with van der Waals surface area (Å²) < 4.78 is 49.2. The summed E-state index contributed by atoms with van der Waals surface area (Å²) in [5.41, 5.74) is 1.44. The summed E-state index contributed by atoms with van der Waals surface area (Å²) in [4.78, 5) is 28.7. The van der Waals surface area contributed by atoms with Crippen LogP contribution in [0.5, 0.6) is 5.75 Å². The molecular weight excluding hydrogens is 569 g/mol. The lowest BCUT2D eigenvalue weighted by Gasteiger charge is -2.33. The minimum absolute atomic E-state index is 0.0122. The molecule has 1 aliphatic carbocycles. The van der Waals surface area contributed by atoms with E-state index in [0.717, 1.165) is 42.0 Å². The number of ether oxygens (including phenoxy) is 1. The molecule has 10 heteroatoms. The lowest BCUT2D eigenvalue weighted by Crippen LogP contribution is -2.53. The average molecular weight is 610 g/mol. The number of carbonyl (C=O) groups is 2. The molecular formula is C33H40FN3O5S. The van der Waals surface area contributed by atoms with Crippen molar-refractivity contribution in [3.63, 3.8) is 0 Å². The quantitative estimate of drug-likeness (QED) is 0.289. The van der Waals surface area contributed by atoms with Crippen molar-refractivity contribution in [2.45, 2.75) is 76.4 Å². The number of nitrogens with zero attached hydrogens (tertiary/aromatic N) is 2. The van der Waals surface area contributed by atoms with Gasteiger partial charge in [0.15, 0.2) is 0 Å². The van der Waals surface area contributed by atoms with E-state index in [9.17, 15) is 22.4 Å². The van der Waals surface area contributed by atoms with Gasteiger partial charge in [-0.3, -0.25) is 13.9 Å². The third kappa shape index (κ3) is 8.13. The number of sulfonamides is 1. The monoisotopic (exact) mass is 609 g/mol. The molecule has 3 aromatic carbocycles. The van der Waals surface area contributed by atoms with Gasteiger partial charge in [-0.1, -0.05) is 55.2 Å². The van der Waals surface area contributed by atoms with Crippen molar-refractivity contribution >= 4 is 27.5 Å². The van der Waals surface area contributed by atoms with Crippen LogP contribution < -0.4 is 14.4 Å². The molecule has 230 valence electrons. The highest BCUT2D eigenvalue weighted by atomic mass is 32.2. The molecule has 0 bridgehead atoms. The van der Waals surface area contributed by atoms with Crippen LogP contribution in [0.15, 0.2) is 77.7 Å². The van der Waals surface area contributed by atoms with Crippen molar-refractivity contribution in [1.82, 2.24) is 10.2 Å². The van der Waals surface area contributed by atoms with E-state index in [4.69, 9.17) is 4.74 Å². The summed E-state index contributed by atoms with van der Waals surface area (Å²) in [6, 6.07) is 17.9. The molecule has 4 rings (SSSR count). The Kier molecular flexibility index (Phi) is 10.8. The van der Waals surface area contributed by atoms with Crippen LogP contribution in [0.1, 0.15) is 57.1 Å². The highest BCUT2D eigenvalue weighted by Gasteiger charge is 2.33. The number of benzene rings is 3. The van der Waals surface area contributed by atoms with Crippen LogP contribution in [-0.2, 0) is 26.2 Å². The molecule has 0 aromatic heterocycles. The predicted octanol–water partition coefficient (Wildman–Crippen LogP) is 5.59. The van der Waals surface area contributed by atoms with E-state index in [2.05, 4.69) is 5.32 Å². The van der Waals surface area contributed by atoms with Crippen molar-refractivity contribution in [3.8, 4) is 5.75 Å². The zero-order valence-corrected chi connectivity index (χ0v) is 25.8. The van der Waals surface area contributed by atoms with E-state index in [0.29, 0.717) is 12.4 Å². The minimum atomic E-state index is -4.22. The molecule has 2 amide bonds. The first-order chi connectivity index (χ1) is 20.6. The molecule has 1 atom stereocenters. The average Bonchev–Trinajstić information content (AvgIpc) is 3.00. The van der Waals surface area contributed by atoms with Crippen molar-refractivity contribution in [3.05, 3.63) is 89.7 Å². The smallest absolute Gasteiger partial charge is 0.264 e. The van der Waals surface area contributed by atoms with Crippen molar-refractivity contribution in [1.29, 1.82) is 0 Å². The Labute approximate surface area is 253 Å². The molecule has 8 nitrogen and oxygen atoms in total. The normalized spacial score (nSPS) is 14.5. The molecule has 1 fully saturated rings. The third-order valence-electron chi connectivity index (χ3n) is 7.74. The second-order valence-corrected chi connectivity index (χ2v) is 12.7. The molecule has 1 N–H and O–H groups in total. The molecule has 43 heavy (non-hydrogen) atoms. The fourth-order valence-corrected chi connectivity index (χ4v) is 6.62. The molecule has 0 heterocycles. The highest BCUT2D eigenvalue weighted by Crippen LogP contribution is 2.27. The van der Waals surface area contributed by atoms with E-state index in [1.165, 1.54) is 23.1 Å². The highest BCUT2D eigenvalue weighted by molar-refractivity contribution is 7.92. The second kappa shape index (κ2) is 14.5. The van der Waals surface area contributed by atoms with Gasteiger partial charge < -0.3 is 15.0 Å². The van der Waals surface area contributed by atoms with Gasteiger partial charge in [-0.15, -0.1) is 0 Å². The number of hydrogen-bond donors (Lipinski definition) is 1. The maximum atomic E-state index is 14.8. The van der Waals surface area contributed by atoms with Crippen LogP contribution in [0.2, 0.25) is 0 Å². The van der Waals surface area contributed by atoms with E-state index in [-0.39, 0.29) is 34.6 Å². The SMILES string of the molecule is CCOc1ccc(S(=O)(=O)N(CC(=O)N(Cc2ccccc2F)C(C)C(=O)NC2CCCCC2)c2ccc(C)cc2)cc1. The molecule has 3 aromatic rings. The number of rotatable bonds is 12. The summed E-state index contributed by atoms with van der Waals surface area (Å²) in [5.74, 6) is -0.983. The third-order valence-corrected chi connectivity index (χ3v) is 9.53. The van der Waals surface area contributed by atoms with E-state index < -0.39 is 34.3 Å². The number of amides is 2. The Morgan fingerprint density at radius 3 is 2.26 bits per heavy atom. The van der Waals surface area contributed by atoms with Crippen molar-refractivity contribution in [2.75, 3.05) is 17.5 Å². The van der Waals surface area contributed by atoms with Gasteiger partial charge in [0.25, 0.3) is 10.0 Å². The number of carbonyl (C=O) groups excluding carboxylic acids is 2. The van der Waals surface area contributed by atoms with Crippen LogP contribution in [0.4, 0.5) is 10.1 Å². The van der Waals surface area contributed by atoms with Crippen LogP contribution in [0.25, 0.3) is 0 Å². The molecule has 0 aliphatic heterocycles. The zero-order chi connectivity index (χ0) is 31.0. The van der Waals surface area contributed by atoms with Crippen LogP contribution >= 0.6 is 0 Å². The lowest BCUT2D eigenvalue weighted by molar-refractivity contribution is -0.139. The maximum Gasteiger partial charge on any atom is 0.264 e. The van der Waals surface area contributed by atoms with Crippen molar-refractivity contribution in [2.24, 2.45) is 0 Å². The van der Waals surface area contributed by atoms with Crippen LogP contribution in [0.3, 0.4) is 0 Å². The summed E-state index contributed by atoms with van der Waals surface area (Å²) in [6.07, 6.45) is 4.89. The summed E-state index contributed by atoms with van der Waals surface area (Å²) in [7, 11) is -4.22. The summed E-state index contributed by atoms with van der Waals surface area (Å²) in [6.45, 7) is 4.94. The first kappa shape index (κ1) is 32.0. The lowest BCUT2D eigenvalue weighted by atomic mass is 9.95. The Morgan fingerprint density at radius 2 is 1.63 bits per heavy atom. The van der Waals surface area contributed by atoms with Gasteiger partial charge in [0.2, 0.25) is 11.8 Å². The number of aryl methyl sites for hydroxylation is 1. The van der Waals surface area contributed by atoms with Crippen molar-refractivity contribution < 1.29 is 27.1 Å². The fourth-order valence-electron chi connectivity index (χ4n) is 5.20. The van der Waals surface area contributed by atoms with Gasteiger partial charge in [-0.25, -0.2) is 12.8 Å².